The van der Waals surface area contributed by atoms with Crippen molar-refractivity contribution in [3.63, 3.8) is 0 Å². The summed E-state index contributed by atoms with van der Waals surface area (Å²) in [5.74, 6) is -1.25. The summed E-state index contributed by atoms with van der Waals surface area (Å²) in [6.45, 7) is 16.9. The molecule has 0 radical (unpaired) electrons. The molecule has 1 aromatic rings. The Morgan fingerprint density at radius 2 is 1.35 bits per heavy atom. The van der Waals surface area contributed by atoms with Crippen molar-refractivity contribution in [3.05, 3.63) is 23.8 Å². The van der Waals surface area contributed by atoms with Crippen LogP contribution in [0.3, 0.4) is 0 Å². The average Bonchev–Trinajstić information content (AvgIpc) is 2.89. The second-order valence-corrected chi connectivity index (χ2v) is 11.9. The topological polar surface area (TPSA) is 156 Å². The van der Waals surface area contributed by atoms with Crippen molar-refractivity contribution in [2.24, 2.45) is 11.8 Å². The summed E-state index contributed by atoms with van der Waals surface area (Å²) in [6, 6.07) is 3.71. The largest absolute Gasteiger partial charge is 0.513 e. The Hall–Kier alpha value is -3.54. The van der Waals surface area contributed by atoms with Crippen LogP contribution in [0.1, 0.15) is 93.6 Å². The zero-order valence-corrected chi connectivity index (χ0v) is 26.9. The molecule has 2 N–H and O–H groups in total. The Balaban J connectivity index is 3.41. The third-order valence-electron chi connectivity index (χ3n) is 6.58. The number of nitrogens with one attached hydrogen (secondary N) is 1. The Bertz CT molecular complexity index is 1070. The zero-order chi connectivity index (χ0) is 32.8. The van der Waals surface area contributed by atoms with E-state index in [1.54, 1.807) is 20.8 Å². The van der Waals surface area contributed by atoms with E-state index in [0.29, 0.717) is 31.6 Å². The molecule has 1 aromatic carbocycles. The lowest BCUT2D eigenvalue weighted by Gasteiger charge is -2.34. The smallest absolute Gasteiger partial charge is 0.477 e. The highest BCUT2D eigenvalue weighted by Gasteiger charge is 2.45. The van der Waals surface area contributed by atoms with Crippen molar-refractivity contribution in [1.29, 1.82) is 0 Å². The number of rotatable bonds is 17. The monoisotopic (exact) mass is 611 g/mol. The maximum absolute atomic E-state index is 12.8. The first-order valence-electron chi connectivity index (χ1n) is 14.8. The van der Waals surface area contributed by atoms with Crippen molar-refractivity contribution in [2.45, 2.75) is 112 Å². The normalized spacial score (nSPS) is 13.6. The number of aliphatic carboxylic acids is 1. The van der Waals surface area contributed by atoms with Gasteiger partial charge >= 0.3 is 24.4 Å². The van der Waals surface area contributed by atoms with Gasteiger partial charge < -0.3 is 33.5 Å². The number of carbonyl (C=O) groups is 4. The first-order valence-corrected chi connectivity index (χ1v) is 14.8. The molecule has 0 aliphatic heterocycles. The Morgan fingerprint density at radius 1 is 0.814 bits per heavy atom. The van der Waals surface area contributed by atoms with Gasteiger partial charge in [-0.25, -0.2) is 19.2 Å². The molecular weight excluding hydrogens is 562 g/mol. The van der Waals surface area contributed by atoms with Gasteiger partial charge in [0.1, 0.15) is 5.60 Å². The summed E-state index contributed by atoms with van der Waals surface area (Å²) in [6.07, 6.45) is -1.39. The fourth-order valence-electron chi connectivity index (χ4n) is 3.37. The molecule has 2 atom stereocenters. The minimum absolute atomic E-state index is 0.106. The molecule has 0 aliphatic carbocycles. The summed E-state index contributed by atoms with van der Waals surface area (Å²) < 4.78 is 31.7. The minimum atomic E-state index is -2.25. The highest BCUT2D eigenvalue weighted by atomic mass is 16.8. The standard InChI is InChI=1S/C31H49NO11/c1-10-22(7)32-31(26(33)34,43-29(37)42-30(8,9)11-2)19-23-12-13-24(40-27(35)38-16-14-20(3)4)25(18-23)41-28(36)39-17-15-21(5)6/h12-13,18,20-22,32H,10-11,14-17,19H2,1-9H3,(H,33,34)/t22?,31-/m0/s1. The maximum Gasteiger partial charge on any atom is 0.513 e. The van der Waals surface area contributed by atoms with Gasteiger partial charge in [0.2, 0.25) is 0 Å². The predicted molar refractivity (Wildman–Crippen MR) is 158 cm³/mol. The number of ether oxygens (including phenoxy) is 6. The van der Waals surface area contributed by atoms with E-state index in [4.69, 9.17) is 28.4 Å². The second-order valence-electron chi connectivity index (χ2n) is 11.9. The number of hydrogen-bond donors (Lipinski definition) is 2. The lowest BCUT2D eigenvalue weighted by Crippen LogP contribution is -2.60. The Kier molecular flexibility index (Phi) is 15.3. The van der Waals surface area contributed by atoms with Crippen LogP contribution in [0.5, 0.6) is 11.5 Å². The van der Waals surface area contributed by atoms with E-state index in [2.05, 4.69) is 5.32 Å². The van der Waals surface area contributed by atoms with Crippen LogP contribution in [-0.4, -0.2) is 60.1 Å². The van der Waals surface area contributed by atoms with Gasteiger partial charge in [-0.15, -0.1) is 0 Å². The van der Waals surface area contributed by atoms with Gasteiger partial charge in [-0.05, 0) is 76.0 Å². The third-order valence-corrected chi connectivity index (χ3v) is 6.58. The Labute approximate surface area is 254 Å². The van der Waals surface area contributed by atoms with Gasteiger partial charge in [0.25, 0.3) is 5.72 Å². The molecule has 0 fully saturated rings. The number of hydrogen-bond acceptors (Lipinski definition) is 11. The highest BCUT2D eigenvalue weighted by Crippen LogP contribution is 2.32. The zero-order valence-electron chi connectivity index (χ0n) is 26.9. The molecule has 1 unspecified atom stereocenters. The number of benzene rings is 1. The SMILES string of the molecule is CCC(C)N[C@@](Cc1ccc(OC(=O)OCCC(C)C)c(OC(=O)OCCC(C)C)c1)(OC(=O)OC(C)(C)CC)C(=O)O. The third kappa shape index (κ3) is 14.0. The van der Waals surface area contributed by atoms with Crippen LogP contribution >= 0.6 is 0 Å². The molecule has 244 valence electrons. The molecule has 0 heterocycles. The van der Waals surface area contributed by atoms with Crippen LogP contribution in [0.2, 0.25) is 0 Å². The van der Waals surface area contributed by atoms with Crippen molar-refractivity contribution in [3.8, 4) is 11.5 Å². The Morgan fingerprint density at radius 3 is 1.81 bits per heavy atom. The minimum Gasteiger partial charge on any atom is -0.477 e. The summed E-state index contributed by atoms with van der Waals surface area (Å²) in [4.78, 5) is 50.2. The molecule has 0 saturated heterocycles. The average molecular weight is 612 g/mol. The summed E-state index contributed by atoms with van der Waals surface area (Å²) in [5, 5.41) is 13.2. The van der Waals surface area contributed by atoms with Gasteiger partial charge in [0.15, 0.2) is 11.5 Å². The number of carbonyl (C=O) groups excluding carboxylic acids is 3. The predicted octanol–water partition coefficient (Wildman–Crippen LogP) is 6.86. The first kappa shape index (κ1) is 37.5. The van der Waals surface area contributed by atoms with Gasteiger partial charge in [0.05, 0.1) is 13.2 Å². The van der Waals surface area contributed by atoms with Crippen LogP contribution in [-0.2, 0) is 30.2 Å². The molecule has 0 aromatic heterocycles. The molecule has 0 amide bonds. The molecule has 0 bridgehead atoms. The lowest BCUT2D eigenvalue weighted by atomic mass is 10.00. The van der Waals surface area contributed by atoms with E-state index in [-0.39, 0.29) is 42.2 Å². The van der Waals surface area contributed by atoms with Crippen LogP contribution in [0, 0.1) is 11.8 Å². The van der Waals surface area contributed by atoms with E-state index in [1.807, 2.05) is 41.5 Å². The number of carboxylic acid groups (broad SMARTS) is 1. The van der Waals surface area contributed by atoms with E-state index >= 15 is 0 Å². The van der Waals surface area contributed by atoms with Crippen molar-refractivity contribution < 1.29 is 52.7 Å². The quantitative estimate of drug-likeness (QED) is 0.0817. The van der Waals surface area contributed by atoms with Crippen molar-refractivity contribution in [1.82, 2.24) is 5.32 Å². The van der Waals surface area contributed by atoms with E-state index < -0.39 is 42.2 Å². The van der Waals surface area contributed by atoms with Gasteiger partial charge in [-0.2, -0.15) is 0 Å². The fraction of sp³-hybridized carbons (Fsp3) is 0.677. The van der Waals surface area contributed by atoms with Crippen LogP contribution in [0.25, 0.3) is 0 Å². The van der Waals surface area contributed by atoms with Crippen LogP contribution in [0.4, 0.5) is 14.4 Å². The lowest BCUT2D eigenvalue weighted by molar-refractivity contribution is -0.169. The molecule has 0 saturated carbocycles. The first-order chi connectivity index (χ1) is 20.0. The van der Waals surface area contributed by atoms with E-state index in [0.717, 1.165) is 0 Å². The maximum atomic E-state index is 12.8. The molecule has 43 heavy (non-hydrogen) atoms. The summed E-state index contributed by atoms with van der Waals surface area (Å²) >= 11 is 0. The van der Waals surface area contributed by atoms with E-state index in [1.165, 1.54) is 18.2 Å². The molecule has 0 spiro atoms. The van der Waals surface area contributed by atoms with Gasteiger partial charge in [-0.3, -0.25) is 5.32 Å². The molecule has 12 nitrogen and oxygen atoms in total. The fourth-order valence-corrected chi connectivity index (χ4v) is 3.37. The van der Waals surface area contributed by atoms with Gasteiger partial charge in [0, 0.05) is 12.5 Å². The van der Waals surface area contributed by atoms with Gasteiger partial charge in [-0.1, -0.05) is 47.6 Å². The number of carboxylic acids is 1. The molecular formula is C31H49NO11. The van der Waals surface area contributed by atoms with Crippen molar-refractivity contribution >= 4 is 24.4 Å². The van der Waals surface area contributed by atoms with E-state index in [9.17, 15) is 24.3 Å². The highest BCUT2D eigenvalue weighted by molar-refractivity contribution is 5.80. The second kappa shape index (κ2) is 17.5. The van der Waals surface area contributed by atoms with Crippen LogP contribution in [0.15, 0.2) is 18.2 Å². The van der Waals surface area contributed by atoms with Crippen molar-refractivity contribution in [2.75, 3.05) is 13.2 Å². The van der Waals surface area contributed by atoms with Crippen LogP contribution < -0.4 is 14.8 Å². The molecule has 0 aliphatic rings. The summed E-state index contributed by atoms with van der Waals surface area (Å²) in [7, 11) is 0. The molecule has 1 rings (SSSR count). The summed E-state index contributed by atoms with van der Waals surface area (Å²) in [5.41, 5.74) is -2.87. The molecule has 12 heteroatoms.